The first-order chi connectivity index (χ1) is 7.19. The van der Waals surface area contributed by atoms with Crippen LogP contribution in [0.15, 0.2) is 0 Å². The lowest BCUT2D eigenvalue weighted by molar-refractivity contribution is 0.906. The zero-order valence-electron chi connectivity index (χ0n) is 8.79. The van der Waals surface area contributed by atoms with E-state index < -0.39 is 0 Å². The van der Waals surface area contributed by atoms with Gasteiger partial charge in [0.05, 0.1) is 0 Å². The molecule has 1 heterocycles. The second-order valence-corrected chi connectivity index (χ2v) is 4.08. The Hall–Kier alpha value is -1.10. The summed E-state index contributed by atoms with van der Waals surface area (Å²) in [5.41, 5.74) is 0. The molecule has 1 aliphatic carbocycles. The zero-order chi connectivity index (χ0) is 10.8. The van der Waals surface area contributed by atoms with E-state index in [1.165, 1.54) is 6.42 Å². The predicted molar refractivity (Wildman–Crippen MR) is 60.2 cm³/mol. The lowest BCUT2D eigenvalue weighted by Gasteiger charge is -2.06. The highest BCUT2D eigenvalue weighted by molar-refractivity contribution is 6.28. The van der Waals surface area contributed by atoms with Gasteiger partial charge >= 0.3 is 0 Å². The Morgan fingerprint density at radius 1 is 1.33 bits per heavy atom. The zero-order valence-corrected chi connectivity index (χ0v) is 9.54. The molecule has 0 bridgehead atoms. The monoisotopic (exact) mass is 227 g/mol. The van der Waals surface area contributed by atoms with Gasteiger partial charge in [0, 0.05) is 12.6 Å². The van der Waals surface area contributed by atoms with E-state index in [-0.39, 0.29) is 5.28 Å². The molecule has 0 aliphatic heterocycles. The molecule has 0 saturated heterocycles. The summed E-state index contributed by atoms with van der Waals surface area (Å²) in [4.78, 5) is 12.2. The van der Waals surface area contributed by atoms with Crippen LogP contribution in [0.1, 0.15) is 20.3 Å². The van der Waals surface area contributed by atoms with Crippen molar-refractivity contribution < 1.29 is 0 Å². The van der Waals surface area contributed by atoms with Crippen LogP contribution in [0.4, 0.5) is 11.9 Å². The standard InChI is InChI=1S/C9H14ClN5/c1-3-11-8-13-7(10)14-9(15-8)12-6-4-5(6)2/h5-6H,3-4H2,1-2H3,(H2,11,12,13,14,15). The summed E-state index contributed by atoms with van der Waals surface area (Å²) < 4.78 is 0. The molecule has 6 heteroatoms. The third-order valence-electron chi connectivity index (χ3n) is 2.37. The minimum absolute atomic E-state index is 0.219. The SMILES string of the molecule is CCNc1nc(Cl)nc(NC2CC2C)n1. The van der Waals surface area contributed by atoms with E-state index in [1.807, 2.05) is 6.92 Å². The molecular formula is C9H14ClN5. The number of anilines is 2. The molecule has 0 aromatic carbocycles. The molecule has 0 radical (unpaired) electrons. The topological polar surface area (TPSA) is 62.7 Å². The van der Waals surface area contributed by atoms with E-state index in [0.29, 0.717) is 23.9 Å². The van der Waals surface area contributed by atoms with Crippen molar-refractivity contribution in [1.29, 1.82) is 0 Å². The first kappa shape index (κ1) is 10.4. The van der Waals surface area contributed by atoms with Crippen LogP contribution in [0, 0.1) is 5.92 Å². The molecule has 15 heavy (non-hydrogen) atoms. The van der Waals surface area contributed by atoms with Crippen LogP contribution >= 0.6 is 11.6 Å². The van der Waals surface area contributed by atoms with E-state index >= 15 is 0 Å². The third-order valence-corrected chi connectivity index (χ3v) is 2.54. The number of hydrogen-bond donors (Lipinski definition) is 2. The van der Waals surface area contributed by atoms with E-state index in [9.17, 15) is 0 Å². The van der Waals surface area contributed by atoms with Crippen LogP contribution in [0.5, 0.6) is 0 Å². The lowest BCUT2D eigenvalue weighted by atomic mass is 10.5. The molecule has 2 rings (SSSR count). The quantitative estimate of drug-likeness (QED) is 0.821. The summed E-state index contributed by atoms with van der Waals surface area (Å²) in [7, 11) is 0. The summed E-state index contributed by atoms with van der Waals surface area (Å²) in [6, 6.07) is 0.484. The summed E-state index contributed by atoms with van der Waals surface area (Å²) >= 11 is 5.78. The molecule has 5 nitrogen and oxygen atoms in total. The maximum Gasteiger partial charge on any atom is 0.229 e. The molecule has 82 valence electrons. The maximum absolute atomic E-state index is 5.78. The summed E-state index contributed by atoms with van der Waals surface area (Å²) in [5.74, 6) is 1.77. The van der Waals surface area contributed by atoms with Crippen LogP contribution < -0.4 is 10.6 Å². The minimum Gasteiger partial charge on any atom is -0.354 e. The van der Waals surface area contributed by atoms with Crippen LogP contribution in [0.3, 0.4) is 0 Å². The van der Waals surface area contributed by atoms with Crippen LogP contribution in [0.2, 0.25) is 5.28 Å². The molecule has 1 saturated carbocycles. The van der Waals surface area contributed by atoms with Crippen molar-refractivity contribution in [3.63, 3.8) is 0 Å². The van der Waals surface area contributed by atoms with Crippen LogP contribution in [-0.4, -0.2) is 27.5 Å². The highest BCUT2D eigenvalue weighted by atomic mass is 35.5. The van der Waals surface area contributed by atoms with Gasteiger partial charge < -0.3 is 10.6 Å². The highest BCUT2D eigenvalue weighted by Crippen LogP contribution is 2.31. The number of rotatable bonds is 4. The summed E-state index contributed by atoms with van der Waals surface area (Å²) in [5, 5.41) is 6.44. The van der Waals surface area contributed by atoms with Crippen molar-refractivity contribution in [2.24, 2.45) is 5.92 Å². The molecule has 0 spiro atoms. The van der Waals surface area contributed by atoms with Gasteiger partial charge in [0.2, 0.25) is 17.2 Å². The van der Waals surface area contributed by atoms with E-state index in [0.717, 1.165) is 6.54 Å². The van der Waals surface area contributed by atoms with Crippen LogP contribution in [-0.2, 0) is 0 Å². The van der Waals surface area contributed by atoms with Gasteiger partial charge in [-0.2, -0.15) is 15.0 Å². The van der Waals surface area contributed by atoms with Gasteiger partial charge in [-0.3, -0.25) is 0 Å². The summed E-state index contributed by atoms with van der Waals surface area (Å²) in [6.45, 7) is 4.93. The largest absolute Gasteiger partial charge is 0.354 e. The van der Waals surface area contributed by atoms with Gasteiger partial charge in [-0.15, -0.1) is 0 Å². The van der Waals surface area contributed by atoms with E-state index in [4.69, 9.17) is 11.6 Å². The van der Waals surface area contributed by atoms with Gasteiger partial charge in [-0.1, -0.05) is 6.92 Å². The first-order valence-corrected chi connectivity index (χ1v) is 5.49. The van der Waals surface area contributed by atoms with Gasteiger partial charge in [0.25, 0.3) is 0 Å². The van der Waals surface area contributed by atoms with Gasteiger partial charge in [0.15, 0.2) is 0 Å². The fraction of sp³-hybridized carbons (Fsp3) is 0.667. The van der Waals surface area contributed by atoms with Crippen molar-refractivity contribution in [3.05, 3.63) is 5.28 Å². The van der Waals surface area contributed by atoms with Crippen molar-refractivity contribution in [3.8, 4) is 0 Å². The molecule has 2 N–H and O–H groups in total. The Morgan fingerprint density at radius 2 is 2.00 bits per heavy atom. The normalized spacial score (nSPS) is 23.7. The molecule has 1 aromatic rings. The predicted octanol–water partition coefficient (Wildman–Crippen LogP) is 1.78. The van der Waals surface area contributed by atoms with Gasteiger partial charge in [-0.25, -0.2) is 0 Å². The molecule has 1 aromatic heterocycles. The van der Waals surface area contributed by atoms with Crippen molar-refractivity contribution >= 4 is 23.5 Å². The molecule has 0 amide bonds. The Kier molecular flexibility index (Phi) is 2.90. The average molecular weight is 228 g/mol. The van der Waals surface area contributed by atoms with Crippen LogP contribution in [0.25, 0.3) is 0 Å². The number of nitrogens with one attached hydrogen (secondary N) is 2. The average Bonchev–Trinajstić information content (AvgIpc) is 2.81. The Balaban J connectivity index is 2.08. The van der Waals surface area contributed by atoms with Crippen molar-refractivity contribution in [1.82, 2.24) is 15.0 Å². The number of nitrogens with zero attached hydrogens (tertiary/aromatic N) is 3. The van der Waals surface area contributed by atoms with Crippen molar-refractivity contribution in [2.45, 2.75) is 26.3 Å². The van der Waals surface area contributed by atoms with E-state index in [2.05, 4.69) is 32.5 Å². The number of aromatic nitrogens is 3. The summed E-state index contributed by atoms with van der Waals surface area (Å²) in [6.07, 6.45) is 1.17. The maximum atomic E-state index is 5.78. The van der Waals surface area contributed by atoms with E-state index in [1.54, 1.807) is 0 Å². The van der Waals surface area contributed by atoms with Gasteiger partial charge in [0.1, 0.15) is 0 Å². The second kappa shape index (κ2) is 4.18. The molecule has 2 atom stereocenters. The highest BCUT2D eigenvalue weighted by Gasteiger charge is 2.33. The minimum atomic E-state index is 0.219. The smallest absolute Gasteiger partial charge is 0.229 e. The first-order valence-electron chi connectivity index (χ1n) is 5.11. The third kappa shape index (κ3) is 2.68. The lowest BCUT2D eigenvalue weighted by Crippen LogP contribution is -2.11. The van der Waals surface area contributed by atoms with Crippen molar-refractivity contribution in [2.75, 3.05) is 17.2 Å². The Labute approximate surface area is 93.7 Å². The molecule has 1 aliphatic rings. The Morgan fingerprint density at radius 3 is 2.60 bits per heavy atom. The second-order valence-electron chi connectivity index (χ2n) is 3.75. The number of hydrogen-bond acceptors (Lipinski definition) is 5. The molecule has 1 fully saturated rings. The fourth-order valence-electron chi connectivity index (χ4n) is 1.34. The molecular weight excluding hydrogens is 214 g/mol. The number of halogens is 1. The van der Waals surface area contributed by atoms with Gasteiger partial charge in [-0.05, 0) is 30.9 Å². The fourth-order valence-corrected chi connectivity index (χ4v) is 1.50. The molecule has 2 unspecified atom stereocenters. The Bertz CT molecular complexity index is 356.